The predicted octanol–water partition coefficient (Wildman–Crippen LogP) is 2.08. The second kappa shape index (κ2) is 5.58. The van der Waals surface area contributed by atoms with E-state index in [9.17, 15) is 31.9 Å². The minimum atomic E-state index is -5.07. The van der Waals surface area contributed by atoms with E-state index < -0.39 is 46.6 Å². The highest BCUT2D eigenvalue weighted by atomic mass is 19.4. The fourth-order valence-electron chi connectivity index (χ4n) is 3.19. The number of carbonyl (C=O) groups is 3. The number of halogens is 4. The molecule has 0 radical (unpaired) electrons. The van der Waals surface area contributed by atoms with Crippen LogP contribution in [0.1, 0.15) is 12.8 Å². The third kappa shape index (κ3) is 2.46. The Hall–Kier alpha value is -3.35. The van der Waals surface area contributed by atoms with Gasteiger partial charge in [0.05, 0.1) is 17.9 Å². The van der Waals surface area contributed by atoms with E-state index in [1.165, 1.54) is 0 Å². The summed E-state index contributed by atoms with van der Waals surface area (Å²) in [7, 11) is 0. The molecule has 0 atom stereocenters. The average molecular weight is 394 g/mol. The van der Waals surface area contributed by atoms with Gasteiger partial charge >= 0.3 is 6.18 Å². The Balaban J connectivity index is 1.80. The summed E-state index contributed by atoms with van der Waals surface area (Å²) < 4.78 is 58.9. The van der Waals surface area contributed by atoms with Crippen molar-refractivity contribution < 1.29 is 36.7 Å². The fourth-order valence-corrected chi connectivity index (χ4v) is 3.19. The monoisotopic (exact) mass is 394 g/mol. The average Bonchev–Trinajstić information content (AvgIpc) is 3.30. The zero-order valence-electron chi connectivity index (χ0n) is 14.0. The van der Waals surface area contributed by atoms with Crippen LogP contribution in [0.3, 0.4) is 0 Å². The number of ether oxygens (including phenoxy) is 1. The Labute approximate surface area is 155 Å². The Morgan fingerprint density at radius 1 is 1.18 bits per heavy atom. The summed E-state index contributed by atoms with van der Waals surface area (Å²) in [5.41, 5.74) is -3.59. The summed E-state index contributed by atoms with van der Waals surface area (Å²) in [4.78, 5) is 37.8. The first-order valence-electron chi connectivity index (χ1n) is 8.04. The van der Waals surface area contributed by atoms with Crippen molar-refractivity contribution in [3.63, 3.8) is 0 Å². The first-order chi connectivity index (χ1) is 13.1. The quantitative estimate of drug-likeness (QED) is 0.438. The Kier molecular flexibility index (Phi) is 3.59. The molecule has 1 aromatic carbocycles. The van der Waals surface area contributed by atoms with Crippen LogP contribution in [0.2, 0.25) is 0 Å². The molecule has 1 aromatic rings. The standard InChI is InChI=1S/C18H10F4N2O4/c1-2-5-23-12-8-11(24-14(25)6-9(15(24)26)18(20,21)22)10(19)7-13(12)28-17(3-4-17)16(23)27/h1,6-8H,3-5H2. The molecule has 10 heteroatoms. The smallest absolute Gasteiger partial charge is 0.421 e. The van der Waals surface area contributed by atoms with Crippen molar-refractivity contribution in [3.8, 4) is 18.1 Å². The Morgan fingerprint density at radius 2 is 1.86 bits per heavy atom. The number of nitrogens with zero attached hydrogens (tertiary/aromatic N) is 2. The predicted molar refractivity (Wildman–Crippen MR) is 86.8 cm³/mol. The topological polar surface area (TPSA) is 66.9 Å². The highest BCUT2D eigenvalue weighted by molar-refractivity contribution is 6.31. The van der Waals surface area contributed by atoms with E-state index >= 15 is 0 Å². The summed E-state index contributed by atoms with van der Waals surface area (Å²) in [6.07, 6.45) is 1.13. The summed E-state index contributed by atoms with van der Waals surface area (Å²) in [6, 6.07) is 1.74. The Morgan fingerprint density at radius 3 is 2.39 bits per heavy atom. The van der Waals surface area contributed by atoms with E-state index in [0.29, 0.717) is 12.8 Å². The second-order valence-electron chi connectivity index (χ2n) is 6.50. The van der Waals surface area contributed by atoms with E-state index in [1.54, 1.807) is 0 Å². The minimum Gasteiger partial charge on any atom is -0.475 e. The lowest BCUT2D eigenvalue weighted by atomic mass is 10.1. The van der Waals surface area contributed by atoms with Gasteiger partial charge in [0.1, 0.15) is 11.3 Å². The molecule has 0 saturated heterocycles. The van der Waals surface area contributed by atoms with Crippen molar-refractivity contribution in [1.82, 2.24) is 0 Å². The SMILES string of the molecule is C#CCN1C(=O)C2(CC2)Oc2cc(F)c(N3C(=O)C=C(C(F)(F)F)C3=O)cc21. The van der Waals surface area contributed by atoms with Crippen LogP contribution in [0.15, 0.2) is 23.8 Å². The van der Waals surface area contributed by atoms with Gasteiger partial charge in [0.2, 0.25) is 0 Å². The lowest BCUT2D eigenvalue weighted by Gasteiger charge is -2.34. The molecular weight excluding hydrogens is 384 g/mol. The number of hydrogen-bond donors (Lipinski definition) is 0. The number of imide groups is 1. The van der Waals surface area contributed by atoms with Crippen LogP contribution in [0, 0.1) is 18.2 Å². The van der Waals surface area contributed by atoms with Crippen molar-refractivity contribution in [3.05, 3.63) is 29.6 Å². The van der Waals surface area contributed by atoms with Gasteiger partial charge < -0.3 is 4.74 Å². The number of fused-ring (bicyclic) bond motifs is 1. The summed E-state index contributed by atoms with van der Waals surface area (Å²) in [5.74, 6) is -2.44. The molecule has 28 heavy (non-hydrogen) atoms. The number of terminal acetylenes is 1. The van der Waals surface area contributed by atoms with Gasteiger partial charge in [-0.15, -0.1) is 6.42 Å². The van der Waals surface area contributed by atoms with Gasteiger partial charge in [0.25, 0.3) is 17.7 Å². The zero-order valence-corrected chi connectivity index (χ0v) is 14.0. The van der Waals surface area contributed by atoms with Gasteiger partial charge in [-0.05, 0) is 6.07 Å². The van der Waals surface area contributed by atoms with Gasteiger partial charge in [-0.3, -0.25) is 19.3 Å². The third-order valence-corrected chi connectivity index (χ3v) is 4.68. The molecule has 3 amide bonds. The van der Waals surface area contributed by atoms with Crippen molar-refractivity contribution >= 4 is 29.1 Å². The summed E-state index contributed by atoms with van der Waals surface area (Å²) in [6.45, 7) is -0.198. The third-order valence-electron chi connectivity index (χ3n) is 4.68. The molecule has 1 spiro atoms. The molecule has 4 rings (SSSR count). The molecule has 2 heterocycles. The maximum atomic E-state index is 14.6. The van der Waals surface area contributed by atoms with E-state index in [-0.39, 0.29) is 29.0 Å². The van der Waals surface area contributed by atoms with Crippen LogP contribution in [0.5, 0.6) is 5.75 Å². The van der Waals surface area contributed by atoms with Crippen molar-refractivity contribution in [1.29, 1.82) is 0 Å². The van der Waals surface area contributed by atoms with E-state index in [1.807, 2.05) is 0 Å². The molecule has 3 aliphatic rings. The molecule has 0 unspecified atom stereocenters. The summed E-state index contributed by atoms with van der Waals surface area (Å²) >= 11 is 0. The van der Waals surface area contributed by atoms with Crippen LogP contribution >= 0.6 is 0 Å². The van der Waals surface area contributed by atoms with Crippen molar-refractivity contribution in [2.45, 2.75) is 24.6 Å². The maximum Gasteiger partial charge on any atom is 0.421 e. The van der Waals surface area contributed by atoms with E-state index in [0.717, 1.165) is 17.0 Å². The molecular formula is C18H10F4N2O4. The largest absolute Gasteiger partial charge is 0.475 e. The number of rotatable bonds is 2. The molecule has 0 bridgehead atoms. The van der Waals surface area contributed by atoms with Crippen LogP contribution in [-0.2, 0) is 14.4 Å². The number of anilines is 2. The molecule has 0 N–H and O–H groups in total. The first kappa shape index (κ1) is 18.0. The van der Waals surface area contributed by atoms with Gasteiger partial charge in [-0.2, -0.15) is 13.2 Å². The van der Waals surface area contributed by atoms with E-state index in [4.69, 9.17) is 11.2 Å². The van der Waals surface area contributed by atoms with Crippen LogP contribution in [-0.4, -0.2) is 36.0 Å². The van der Waals surface area contributed by atoms with Gasteiger partial charge in [0.15, 0.2) is 11.4 Å². The zero-order chi connectivity index (χ0) is 20.4. The number of benzene rings is 1. The minimum absolute atomic E-state index is 0.0297. The second-order valence-corrected chi connectivity index (χ2v) is 6.50. The fraction of sp³-hybridized carbons (Fsp3) is 0.278. The highest BCUT2D eigenvalue weighted by Gasteiger charge is 2.58. The van der Waals surface area contributed by atoms with Gasteiger partial charge in [0, 0.05) is 25.0 Å². The maximum absolute atomic E-state index is 14.6. The van der Waals surface area contributed by atoms with Crippen LogP contribution in [0.25, 0.3) is 0 Å². The number of carbonyl (C=O) groups excluding carboxylic acids is 3. The van der Waals surface area contributed by atoms with Gasteiger partial charge in [-0.1, -0.05) is 5.92 Å². The highest BCUT2D eigenvalue weighted by Crippen LogP contribution is 2.50. The van der Waals surface area contributed by atoms with Gasteiger partial charge in [-0.25, -0.2) is 9.29 Å². The van der Waals surface area contributed by atoms with Crippen LogP contribution in [0.4, 0.5) is 28.9 Å². The molecule has 144 valence electrons. The van der Waals surface area contributed by atoms with Crippen LogP contribution < -0.4 is 14.5 Å². The molecule has 2 aliphatic heterocycles. The van der Waals surface area contributed by atoms with Crippen molar-refractivity contribution in [2.24, 2.45) is 0 Å². The number of hydrogen-bond acceptors (Lipinski definition) is 4. The number of alkyl halides is 3. The summed E-state index contributed by atoms with van der Waals surface area (Å²) in [5, 5.41) is 0. The first-order valence-corrected chi connectivity index (χ1v) is 8.04. The van der Waals surface area contributed by atoms with Crippen molar-refractivity contribution in [2.75, 3.05) is 16.3 Å². The molecule has 1 saturated carbocycles. The molecule has 1 fully saturated rings. The Bertz CT molecular complexity index is 1020. The lowest BCUT2D eigenvalue weighted by Crippen LogP contribution is -2.48. The lowest BCUT2D eigenvalue weighted by molar-refractivity contribution is -0.129. The molecule has 0 aromatic heterocycles. The number of amides is 3. The normalized spacial score (nSPS) is 20.1. The van der Waals surface area contributed by atoms with E-state index in [2.05, 4.69) is 5.92 Å². The molecule has 1 aliphatic carbocycles. The molecule has 6 nitrogen and oxygen atoms in total.